The maximum atomic E-state index is 13.9. The van der Waals surface area contributed by atoms with Crippen molar-refractivity contribution in [1.29, 1.82) is 0 Å². The van der Waals surface area contributed by atoms with Crippen LogP contribution in [0.3, 0.4) is 0 Å². The van der Waals surface area contributed by atoms with Crippen LogP contribution in [-0.4, -0.2) is 22.7 Å². The van der Waals surface area contributed by atoms with E-state index in [1.54, 1.807) is 30.3 Å². The fraction of sp³-hybridized carbons (Fsp3) is 0.0714. The molecule has 25 heavy (non-hydrogen) atoms. The Morgan fingerprint density at radius 2 is 1.52 bits per heavy atom. The summed E-state index contributed by atoms with van der Waals surface area (Å²) in [4.78, 5) is 10.2. The molecule has 0 aliphatic carbocycles. The van der Waals surface area contributed by atoms with Crippen LogP contribution in [0, 0.1) is 5.82 Å². The number of benzene rings is 2. The molecule has 0 saturated carbocycles. The maximum Gasteiger partial charge on any atom is 0.264 e. The lowest BCUT2D eigenvalue weighted by atomic mass is 10.1. The molecule has 2 rings (SSSR count). The first-order valence-electron chi connectivity index (χ1n) is 6.55. The van der Waals surface area contributed by atoms with Crippen molar-refractivity contribution in [1.82, 2.24) is 0 Å². The molecule has 11 heteroatoms. The molecule has 0 unspecified atom stereocenters. The molecular formula is C14H10Cl2FNO5S2. The highest BCUT2D eigenvalue weighted by molar-refractivity contribution is 8.14. The number of halogens is 3. The highest BCUT2D eigenvalue weighted by Gasteiger charge is 2.25. The van der Waals surface area contributed by atoms with Gasteiger partial charge in [0.05, 0.1) is 12.1 Å². The van der Waals surface area contributed by atoms with Crippen molar-refractivity contribution in [3.63, 3.8) is 0 Å². The first-order chi connectivity index (χ1) is 11.5. The van der Waals surface area contributed by atoms with Gasteiger partial charge in [0.2, 0.25) is 5.91 Å². The van der Waals surface area contributed by atoms with Gasteiger partial charge in [-0.3, -0.25) is 4.79 Å². The quantitative estimate of drug-likeness (QED) is 0.742. The second-order valence-corrected chi connectivity index (χ2v) is 9.93. The number of amides is 1. The van der Waals surface area contributed by atoms with Crippen LogP contribution in [0.4, 0.5) is 10.1 Å². The minimum atomic E-state index is -4.55. The molecule has 6 nitrogen and oxygen atoms in total. The lowest BCUT2D eigenvalue weighted by Crippen LogP contribution is -2.17. The summed E-state index contributed by atoms with van der Waals surface area (Å²) in [6, 6.07) is 9.49. The summed E-state index contributed by atoms with van der Waals surface area (Å²) < 4.78 is 59.8. The lowest BCUT2D eigenvalue weighted by molar-refractivity contribution is -0.115. The molecule has 0 heterocycles. The smallest absolute Gasteiger partial charge is 0.264 e. The van der Waals surface area contributed by atoms with Gasteiger partial charge < -0.3 is 5.32 Å². The van der Waals surface area contributed by atoms with Gasteiger partial charge in [-0.25, -0.2) is 21.2 Å². The summed E-state index contributed by atoms with van der Waals surface area (Å²) in [5.41, 5.74) is 0.146. The SMILES string of the molecule is O=C(Cc1ccccc1)Nc1cc(F)c(S(=O)(=O)Cl)cc1S(=O)(=O)Cl. The van der Waals surface area contributed by atoms with Crippen molar-refractivity contribution in [2.24, 2.45) is 0 Å². The molecule has 0 fully saturated rings. The fourth-order valence-corrected chi connectivity index (χ4v) is 3.99. The number of hydrogen-bond acceptors (Lipinski definition) is 5. The van der Waals surface area contributed by atoms with Crippen molar-refractivity contribution in [3.8, 4) is 0 Å². The van der Waals surface area contributed by atoms with Gasteiger partial charge in [0.1, 0.15) is 15.6 Å². The minimum absolute atomic E-state index is 0.111. The molecule has 0 spiro atoms. The number of anilines is 1. The van der Waals surface area contributed by atoms with E-state index in [4.69, 9.17) is 21.4 Å². The Morgan fingerprint density at radius 1 is 0.960 bits per heavy atom. The Balaban J connectivity index is 2.43. The molecule has 1 N–H and O–H groups in total. The molecule has 0 bridgehead atoms. The van der Waals surface area contributed by atoms with Crippen molar-refractivity contribution in [2.45, 2.75) is 16.2 Å². The average Bonchev–Trinajstić information content (AvgIpc) is 2.45. The summed E-state index contributed by atoms with van der Waals surface area (Å²) in [6.45, 7) is 0. The number of hydrogen-bond donors (Lipinski definition) is 1. The monoisotopic (exact) mass is 425 g/mol. The summed E-state index contributed by atoms with van der Waals surface area (Å²) in [5.74, 6) is -1.97. The normalized spacial score (nSPS) is 12.0. The van der Waals surface area contributed by atoms with Crippen LogP contribution in [0.25, 0.3) is 0 Å². The highest BCUT2D eigenvalue weighted by atomic mass is 35.7. The van der Waals surface area contributed by atoms with Crippen LogP contribution in [0.1, 0.15) is 5.56 Å². The van der Waals surface area contributed by atoms with E-state index >= 15 is 0 Å². The van der Waals surface area contributed by atoms with Crippen LogP contribution < -0.4 is 5.32 Å². The maximum absolute atomic E-state index is 13.9. The molecule has 0 aromatic heterocycles. The van der Waals surface area contributed by atoms with Crippen LogP contribution >= 0.6 is 21.4 Å². The number of rotatable bonds is 5. The Bertz CT molecular complexity index is 1020. The molecule has 134 valence electrons. The lowest BCUT2D eigenvalue weighted by Gasteiger charge is -2.11. The Kier molecular flexibility index (Phi) is 5.72. The second-order valence-electron chi connectivity index (χ2n) is 4.87. The molecule has 2 aromatic carbocycles. The largest absolute Gasteiger partial charge is 0.325 e. The van der Waals surface area contributed by atoms with Crippen LogP contribution in [0.5, 0.6) is 0 Å². The van der Waals surface area contributed by atoms with Gasteiger partial charge in [0, 0.05) is 27.4 Å². The molecule has 0 aliphatic heterocycles. The van der Waals surface area contributed by atoms with Crippen LogP contribution in [-0.2, 0) is 29.3 Å². The molecule has 0 radical (unpaired) electrons. The van der Waals surface area contributed by atoms with Crippen molar-refractivity contribution < 1.29 is 26.0 Å². The molecule has 2 aromatic rings. The molecule has 0 atom stereocenters. The summed E-state index contributed by atoms with van der Waals surface area (Å²) in [7, 11) is 1.27. The topological polar surface area (TPSA) is 97.4 Å². The highest BCUT2D eigenvalue weighted by Crippen LogP contribution is 2.31. The zero-order valence-corrected chi connectivity index (χ0v) is 15.4. The predicted octanol–water partition coefficient (Wildman–Crippen LogP) is 2.86. The average molecular weight is 426 g/mol. The zero-order chi connectivity index (χ0) is 18.8. The third-order valence-corrected chi connectivity index (χ3v) is 5.74. The fourth-order valence-electron chi connectivity index (χ4n) is 2.00. The van der Waals surface area contributed by atoms with Gasteiger partial charge in [-0.2, -0.15) is 0 Å². The van der Waals surface area contributed by atoms with Gasteiger partial charge in [0.15, 0.2) is 0 Å². The summed E-state index contributed by atoms with van der Waals surface area (Å²) in [5, 5.41) is 2.20. The van der Waals surface area contributed by atoms with E-state index < -0.39 is 45.3 Å². The molecule has 0 aliphatic rings. The predicted molar refractivity (Wildman–Crippen MR) is 91.3 cm³/mol. The van der Waals surface area contributed by atoms with E-state index in [-0.39, 0.29) is 6.42 Å². The summed E-state index contributed by atoms with van der Waals surface area (Å²) in [6.07, 6.45) is -0.111. The van der Waals surface area contributed by atoms with Gasteiger partial charge in [-0.15, -0.1) is 0 Å². The molecular weight excluding hydrogens is 416 g/mol. The van der Waals surface area contributed by atoms with Crippen molar-refractivity contribution >= 4 is 51.1 Å². The van der Waals surface area contributed by atoms with E-state index in [1.807, 2.05) is 0 Å². The van der Waals surface area contributed by atoms with Gasteiger partial charge >= 0.3 is 0 Å². The Hall–Kier alpha value is -1.68. The standard InChI is InChI=1S/C14H10Cl2FNO5S2/c15-24(20,21)12-8-13(25(16,22)23)11(7-10(12)17)18-14(19)6-9-4-2-1-3-5-9/h1-5,7-8H,6H2,(H,18,19). The third-order valence-electron chi connectivity index (χ3n) is 3.04. The Labute approximate surface area is 152 Å². The van der Waals surface area contributed by atoms with Crippen LogP contribution in [0.2, 0.25) is 0 Å². The van der Waals surface area contributed by atoms with E-state index in [2.05, 4.69) is 5.32 Å². The second kappa shape index (κ2) is 7.28. The molecule has 1 amide bonds. The van der Waals surface area contributed by atoms with E-state index in [0.717, 1.165) is 0 Å². The number of carbonyl (C=O) groups excluding carboxylic acids is 1. The van der Waals surface area contributed by atoms with Crippen molar-refractivity contribution in [2.75, 3.05) is 5.32 Å². The van der Waals surface area contributed by atoms with Gasteiger partial charge in [-0.05, 0) is 11.6 Å². The number of nitrogens with one attached hydrogen (secondary N) is 1. The Morgan fingerprint density at radius 3 is 2.04 bits per heavy atom. The summed E-state index contributed by atoms with van der Waals surface area (Å²) >= 11 is 0. The third kappa shape index (κ3) is 5.15. The number of carbonyl (C=O) groups is 1. The first kappa shape index (κ1) is 19.6. The zero-order valence-electron chi connectivity index (χ0n) is 12.2. The van der Waals surface area contributed by atoms with E-state index in [0.29, 0.717) is 17.7 Å². The van der Waals surface area contributed by atoms with Gasteiger partial charge in [0.25, 0.3) is 18.1 Å². The van der Waals surface area contributed by atoms with Gasteiger partial charge in [-0.1, -0.05) is 30.3 Å². The van der Waals surface area contributed by atoms with E-state index in [9.17, 15) is 26.0 Å². The first-order valence-corrected chi connectivity index (χ1v) is 11.2. The van der Waals surface area contributed by atoms with Crippen molar-refractivity contribution in [3.05, 3.63) is 53.8 Å². The minimum Gasteiger partial charge on any atom is -0.325 e. The molecule has 0 saturated heterocycles. The van der Waals surface area contributed by atoms with E-state index in [1.165, 1.54) is 0 Å². The van der Waals surface area contributed by atoms with Crippen LogP contribution in [0.15, 0.2) is 52.3 Å².